The van der Waals surface area contributed by atoms with Gasteiger partial charge in [0.1, 0.15) is 18.1 Å². The molecule has 0 amide bonds. The smallest absolute Gasteiger partial charge is 0.126 e. The van der Waals surface area contributed by atoms with E-state index in [1.54, 1.807) is 7.11 Å². The summed E-state index contributed by atoms with van der Waals surface area (Å²) in [6, 6.07) is 10.3. The summed E-state index contributed by atoms with van der Waals surface area (Å²) in [5.41, 5.74) is 4.50. The SMILES string of the molecule is COc1ccc(C)cc1COc1c(C)cc(Br)cc1CBr. The molecule has 0 atom stereocenters. The van der Waals surface area contributed by atoms with Gasteiger partial charge in [-0.15, -0.1) is 0 Å². The number of hydrogen-bond acceptors (Lipinski definition) is 2. The fourth-order valence-electron chi connectivity index (χ4n) is 2.28. The Labute approximate surface area is 142 Å². The molecule has 0 unspecified atom stereocenters. The molecular formula is C17H18Br2O2. The van der Waals surface area contributed by atoms with Crippen molar-refractivity contribution in [2.24, 2.45) is 0 Å². The van der Waals surface area contributed by atoms with Crippen LogP contribution in [0.2, 0.25) is 0 Å². The van der Waals surface area contributed by atoms with Crippen LogP contribution in [-0.4, -0.2) is 7.11 Å². The van der Waals surface area contributed by atoms with Crippen molar-refractivity contribution in [2.45, 2.75) is 25.8 Å². The second-order valence-electron chi connectivity index (χ2n) is 4.95. The minimum atomic E-state index is 0.493. The normalized spacial score (nSPS) is 10.5. The summed E-state index contributed by atoms with van der Waals surface area (Å²) in [5, 5.41) is 0.758. The number of alkyl halides is 1. The van der Waals surface area contributed by atoms with Crippen molar-refractivity contribution in [3.05, 3.63) is 57.1 Å². The highest BCUT2D eigenvalue weighted by Crippen LogP contribution is 2.31. The summed E-state index contributed by atoms with van der Waals surface area (Å²) in [7, 11) is 1.68. The van der Waals surface area contributed by atoms with E-state index in [-0.39, 0.29) is 0 Å². The number of halogens is 2. The van der Waals surface area contributed by atoms with Crippen LogP contribution in [0.4, 0.5) is 0 Å². The molecule has 112 valence electrons. The third-order valence-electron chi connectivity index (χ3n) is 3.27. The molecule has 0 aromatic heterocycles. The molecule has 0 bridgehead atoms. The quantitative estimate of drug-likeness (QED) is 0.598. The van der Waals surface area contributed by atoms with Crippen LogP contribution in [0.1, 0.15) is 22.3 Å². The summed E-state index contributed by atoms with van der Waals surface area (Å²) >= 11 is 7.04. The predicted octanol–water partition coefficient (Wildman–Crippen LogP) is 5.55. The van der Waals surface area contributed by atoms with E-state index in [1.165, 1.54) is 5.56 Å². The van der Waals surface area contributed by atoms with Crippen LogP contribution >= 0.6 is 31.9 Å². The van der Waals surface area contributed by atoms with E-state index >= 15 is 0 Å². The van der Waals surface area contributed by atoms with Crippen molar-refractivity contribution in [1.82, 2.24) is 0 Å². The number of aryl methyl sites for hydroxylation is 2. The topological polar surface area (TPSA) is 18.5 Å². The first-order chi connectivity index (χ1) is 10.0. The van der Waals surface area contributed by atoms with E-state index in [1.807, 2.05) is 12.1 Å². The fourth-order valence-corrected chi connectivity index (χ4v) is 3.31. The number of ether oxygens (including phenoxy) is 2. The molecule has 0 N–H and O–H groups in total. The van der Waals surface area contributed by atoms with Gasteiger partial charge in [-0.3, -0.25) is 0 Å². The third-order valence-corrected chi connectivity index (χ3v) is 4.33. The largest absolute Gasteiger partial charge is 0.496 e. The van der Waals surface area contributed by atoms with E-state index in [4.69, 9.17) is 9.47 Å². The highest BCUT2D eigenvalue weighted by molar-refractivity contribution is 9.10. The lowest BCUT2D eigenvalue weighted by Gasteiger charge is -2.15. The van der Waals surface area contributed by atoms with Crippen LogP contribution in [-0.2, 0) is 11.9 Å². The monoisotopic (exact) mass is 412 g/mol. The molecule has 2 aromatic carbocycles. The van der Waals surface area contributed by atoms with Crippen LogP contribution in [0.3, 0.4) is 0 Å². The van der Waals surface area contributed by atoms with Gasteiger partial charge in [0.2, 0.25) is 0 Å². The first kappa shape index (κ1) is 16.4. The zero-order chi connectivity index (χ0) is 15.4. The molecule has 0 radical (unpaired) electrons. The Hall–Kier alpha value is -1.000. The molecule has 0 spiro atoms. The molecule has 0 aliphatic rings. The zero-order valence-corrected chi connectivity index (χ0v) is 15.5. The number of hydrogen-bond donors (Lipinski definition) is 0. The van der Waals surface area contributed by atoms with Gasteiger partial charge in [-0.1, -0.05) is 43.5 Å². The highest BCUT2D eigenvalue weighted by Gasteiger charge is 2.10. The van der Waals surface area contributed by atoms with E-state index in [9.17, 15) is 0 Å². The van der Waals surface area contributed by atoms with Crippen LogP contribution in [0, 0.1) is 13.8 Å². The second-order valence-corrected chi connectivity index (χ2v) is 6.42. The molecule has 0 aliphatic carbocycles. The van der Waals surface area contributed by atoms with Crippen molar-refractivity contribution in [2.75, 3.05) is 7.11 Å². The Morgan fingerprint density at radius 1 is 1.05 bits per heavy atom. The Balaban J connectivity index is 2.26. The van der Waals surface area contributed by atoms with Crippen LogP contribution < -0.4 is 9.47 Å². The molecule has 0 saturated carbocycles. The summed E-state index contributed by atoms with van der Waals surface area (Å²) in [5.74, 6) is 1.79. The van der Waals surface area contributed by atoms with Gasteiger partial charge < -0.3 is 9.47 Å². The van der Waals surface area contributed by atoms with Crippen molar-refractivity contribution >= 4 is 31.9 Å². The molecule has 21 heavy (non-hydrogen) atoms. The molecule has 2 aromatic rings. The van der Waals surface area contributed by atoms with Crippen LogP contribution in [0.5, 0.6) is 11.5 Å². The molecule has 2 rings (SSSR count). The molecule has 0 heterocycles. The van der Waals surface area contributed by atoms with E-state index in [0.717, 1.165) is 38.0 Å². The lowest BCUT2D eigenvalue weighted by atomic mass is 10.1. The maximum atomic E-state index is 6.07. The minimum Gasteiger partial charge on any atom is -0.496 e. The van der Waals surface area contributed by atoms with E-state index in [0.29, 0.717) is 6.61 Å². The maximum absolute atomic E-state index is 6.07. The molecule has 0 aliphatic heterocycles. The molecule has 0 saturated heterocycles. The Morgan fingerprint density at radius 3 is 2.48 bits per heavy atom. The van der Waals surface area contributed by atoms with Gasteiger partial charge in [0, 0.05) is 20.9 Å². The van der Waals surface area contributed by atoms with Gasteiger partial charge in [0.05, 0.1) is 7.11 Å². The van der Waals surface area contributed by atoms with Crippen molar-refractivity contribution in [3.8, 4) is 11.5 Å². The summed E-state index contributed by atoms with van der Waals surface area (Å²) in [4.78, 5) is 0. The van der Waals surface area contributed by atoms with Crippen LogP contribution in [0.15, 0.2) is 34.8 Å². The fraction of sp³-hybridized carbons (Fsp3) is 0.294. The zero-order valence-electron chi connectivity index (χ0n) is 12.4. The predicted molar refractivity (Wildman–Crippen MR) is 93.6 cm³/mol. The Bertz CT molecular complexity index is 639. The standard InChI is InChI=1S/C17H18Br2O2/c1-11-4-5-16(20-3)14(6-11)10-21-17-12(2)7-15(19)8-13(17)9-18/h4-8H,9-10H2,1-3H3. The summed E-state index contributed by atoms with van der Waals surface area (Å²) in [6.45, 7) is 4.62. The maximum Gasteiger partial charge on any atom is 0.126 e. The molecular weight excluding hydrogens is 396 g/mol. The van der Waals surface area contributed by atoms with E-state index < -0.39 is 0 Å². The molecule has 2 nitrogen and oxygen atoms in total. The Morgan fingerprint density at radius 2 is 1.81 bits per heavy atom. The minimum absolute atomic E-state index is 0.493. The molecule has 0 fully saturated rings. The lowest BCUT2D eigenvalue weighted by Crippen LogP contribution is -2.02. The van der Waals surface area contributed by atoms with Gasteiger partial charge in [0.15, 0.2) is 0 Å². The first-order valence-corrected chi connectivity index (χ1v) is 8.58. The van der Waals surface area contributed by atoms with Crippen LogP contribution in [0.25, 0.3) is 0 Å². The average molecular weight is 414 g/mol. The van der Waals surface area contributed by atoms with Crippen molar-refractivity contribution in [1.29, 1.82) is 0 Å². The van der Waals surface area contributed by atoms with Gasteiger partial charge in [0.25, 0.3) is 0 Å². The van der Waals surface area contributed by atoms with Gasteiger partial charge in [-0.25, -0.2) is 0 Å². The average Bonchev–Trinajstić information content (AvgIpc) is 2.45. The van der Waals surface area contributed by atoms with Crippen molar-refractivity contribution < 1.29 is 9.47 Å². The number of benzene rings is 2. The highest BCUT2D eigenvalue weighted by atomic mass is 79.9. The summed E-state index contributed by atoms with van der Waals surface area (Å²) in [6.07, 6.45) is 0. The summed E-state index contributed by atoms with van der Waals surface area (Å²) < 4.78 is 12.5. The number of rotatable bonds is 5. The van der Waals surface area contributed by atoms with Gasteiger partial charge in [-0.05, 0) is 43.7 Å². The van der Waals surface area contributed by atoms with Gasteiger partial charge in [-0.2, -0.15) is 0 Å². The van der Waals surface area contributed by atoms with E-state index in [2.05, 4.69) is 63.9 Å². The Kier molecular flexibility index (Phi) is 5.71. The van der Waals surface area contributed by atoms with Crippen molar-refractivity contribution in [3.63, 3.8) is 0 Å². The lowest BCUT2D eigenvalue weighted by molar-refractivity contribution is 0.292. The second kappa shape index (κ2) is 7.32. The third kappa shape index (κ3) is 4.01. The number of methoxy groups -OCH3 is 1. The van der Waals surface area contributed by atoms with Gasteiger partial charge >= 0.3 is 0 Å². The first-order valence-electron chi connectivity index (χ1n) is 6.66. The molecule has 4 heteroatoms.